The number of hydrogen-bond acceptors (Lipinski definition) is 4. The number of pyridine rings is 1. The lowest BCUT2D eigenvalue weighted by Crippen LogP contribution is -2.20. The van der Waals surface area contributed by atoms with Crippen molar-refractivity contribution in [2.45, 2.75) is 27.3 Å². The van der Waals surface area contributed by atoms with Gasteiger partial charge in [0, 0.05) is 17.3 Å². The Morgan fingerprint density at radius 3 is 2.57 bits per heavy atom. The first kappa shape index (κ1) is 19.6. The largest absolute Gasteiger partial charge is 0.497 e. The molecule has 0 radical (unpaired) electrons. The van der Waals surface area contributed by atoms with Gasteiger partial charge in [0.2, 0.25) is 5.91 Å². The number of hydrogen-bond donors (Lipinski definition) is 1. The second-order valence-electron chi connectivity index (χ2n) is 7.40. The van der Waals surface area contributed by atoms with Crippen molar-refractivity contribution in [3.05, 3.63) is 71.5 Å². The van der Waals surface area contributed by atoms with Gasteiger partial charge in [0.15, 0.2) is 5.65 Å². The van der Waals surface area contributed by atoms with E-state index >= 15 is 0 Å². The normalized spacial score (nSPS) is 10.9. The molecule has 6 nitrogen and oxygen atoms in total. The van der Waals surface area contributed by atoms with Gasteiger partial charge >= 0.3 is 0 Å². The first-order valence-electron chi connectivity index (χ1n) is 9.80. The molecule has 0 spiro atoms. The lowest BCUT2D eigenvalue weighted by molar-refractivity contribution is -0.116. The summed E-state index contributed by atoms with van der Waals surface area (Å²) in [6, 6.07) is 15.9. The van der Waals surface area contributed by atoms with Gasteiger partial charge < -0.3 is 10.1 Å². The molecule has 1 N–H and O–H groups in total. The van der Waals surface area contributed by atoms with Gasteiger partial charge in [-0.25, -0.2) is 9.67 Å². The van der Waals surface area contributed by atoms with Gasteiger partial charge in [0.05, 0.1) is 12.8 Å². The van der Waals surface area contributed by atoms with E-state index in [0.717, 1.165) is 44.8 Å². The van der Waals surface area contributed by atoms with Crippen LogP contribution < -0.4 is 10.1 Å². The summed E-state index contributed by atoms with van der Waals surface area (Å²) in [6.07, 6.45) is 1.75. The molecule has 4 rings (SSSR count). The third-order valence-electron chi connectivity index (χ3n) is 5.17. The third-order valence-corrected chi connectivity index (χ3v) is 5.17. The minimum atomic E-state index is -0.134. The predicted octanol–water partition coefficient (Wildman–Crippen LogP) is 4.67. The number of fused-ring (bicyclic) bond motifs is 1. The number of aryl methyl sites for hydroxylation is 3. The van der Waals surface area contributed by atoms with Crippen LogP contribution in [-0.2, 0) is 11.3 Å². The molecule has 2 aromatic carbocycles. The Balaban J connectivity index is 1.65. The topological polar surface area (TPSA) is 69.0 Å². The van der Waals surface area contributed by atoms with E-state index in [0.29, 0.717) is 5.65 Å². The van der Waals surface area contributed by atoms with Gasteiger partial charge in [-0.05, 0) is 67.3 Å². The molecule has 2 aromatic heterocycles. The molecule has 6 heteroatoms. The highest BCUT2D eigenvalue weighted by atomic mass is 16.5. The molecule has 0 bridgehead atoms. The van der Waals surface area contributed by atoms with Crippen LogP contribution in [0.3, 0.4) is 0 Å². The lowest BCUT2D eigenvalue weighted by atomic mass is 10.0. The predicted molar refractivity (Wildman–Crippen MR) is 119 cm³/mol. The van der Waals surface area contributed by atoms with Gasteiger partial charge in [-0.1, -0.05) is 24.3 Å². The molecule has 2 heterocycles. The van der Waals surface area contributed by atoms with Gasteiger partial charge in [-0.2, -0.15) is 5.10 Å². The maximum Gasteiger partial charge on any atom is 0.246 e. The number of rotatable bonds is 5. The highest BCUT2D eigenvalue weighted by Crippen LogP contribution is 2.31. The van der Waals surface area contributed by atoms with Crippen molar-refractivity contribution in [2.24, 2.45) is 0 Å². The summed E-state index contributed by atoms with van der Waals surface area (Å²) in [4.78, 5) is 17.2. The van der Waals surface area contributed by atoms with Crippen LogP contribution in [0.1, 0.15) is 16.8 Å². The van der Waals surface area contributed by atoms with Crippen molar-refractivity contribution in [2.75, 3.05) is 12.4 Å². The van der Waals surface area contributed by atoms with E-state index in [-0.39, 0.29) is 12.5 Å². The number of ether oxygens (including phenoxy) is 1. The fraction of sp³-hybridized carbons (Fsp3) is 0.208. The second kappa shape index (κ2) is 7.99. The van der Waals surface area contributed by atoms with Crippen molar-refractivity contribution in [1.29, 1.82) is 0 Å². The van der Waals surface area contributed by atoms with E-state index in [1.807, 2.05) is 69.3 Å². The summed E-state index contributed by atoms with van der Waals surface area (Å²) in [6.45, 7) is 6.02. The first-order valence-corrected chi connectivity index (χ1v) is 9.80. The Morgan fingerprint density at radius 2 is 1.83 bits per heavy atom. The van der Waals surface area contributed by atoms with Crippen molar-refractivity contribution < 1.29 is 9.53 Å². The fourth-order valence-electron chi connectivity index (χ4n) is 3.60. The molecule has 0 unspecified atom stereocenters. The molecule has 0 aliphatic carbocycles. The highest BCUT2D eigenvalue weighted by Gasteiger charge is 2.16. The smallest absolute Gasteiger partial charge is 0.246 e. The SMILES string of the molecule is COc1ccc(-c2ccnc3c2c(C)nn3CC(=O)Nc2cc(C)ccc2C)cc1. The Hall–Kier alpha value is -3.67. The molecule has 0 atom stereocenters. The zero-order valence-electron chi connectivity index (χ0n) is 17.6. The summed E-state index contributed by atoms with van der Waals surface area (Å²) >= 11 is 0. The Labute approximate surface area is 175 Å². The zero-order chi connectivity index (χ0) is 21.3. The van der Waals surface area contributed by atoms with Gasteiger partial charge in [-0.15, -0.1) is 0 Å². The number of benzene rings is 2. The van der Waals surface area contributed by atoms with E-state index in [4.69, 9.17) is 4.74 Å². The standard InChI is InChI=1S/C24H24N4O2/c1-15-5-6-16(2)21(13-15)26-22(29)14-28-24-23(17(3)27-28)20(11-12-25-24)18-7-9-19(30-4)10-8-18/h5-13H,14H2,1-4H3,(H,26,29). The van der Waals surface area contributed by atoms with Gasteiger partial charge in [0.25, 0.3) is 0 Å². The maximum absolute atomic E-state index is 12.7. The van der Waals surface area contributed by atoms with Crippen molar-refractivity contribution in [3.8, 4) is 16.9 Å². The number of amides is 1. The quantitative estimate of drug-likeness (QED) is 0.528. The monoisotopic (exact) mass is 400 g/mol. The molecule has 0 saturated heterocycles. The average molecular weight is 400 g/mol. The number of nitrogens with zero attached hydrogens (tertiary/aromatic N) is 3. The third kappa shape index (κ3) is 3.76. The summed E-state index contributed by atoms with van der Waals surface area (Å²) in [5.74, 6) is 0.671. The van der Waals surface area contributed by atoms with Gasteiger partial charge in [0.1, 0.15) is 12.3 Å². The Bertz CT molecular complexity index is 1230. The van der Waals surface area contributed by atoms with Crippen LogP contribution >= 0.6 is 0 Å². The molecule has 152 valence electrons. The van der Waals surface area contributed by atoms with Crippen LogP contribution in [0.5, 0.6) is 5.75 Å². The average Bonchev–Trinajstić information content (AvgIpc) is 3.06. The fourth-order valence-corrected chi connectivity index (χ4v) is 3.60. The number of anilines is 1. The van der Waals surface area contributed by atoms with Crippen LogP contribution in [-0.4, -0.2) is 27.8 Å². The molecular weight excluding hydrogens is 376 g/mol. The highest BCUT2D eigenvalue weighted by molar-refractivity contribution is 5.96. The number of nitrogens with one attached hydrogen (secondary N) is 1. The number of carbonyl (C=O) groups excluding carboxylic acids is 1. The minimum absolute atomic E-state index is 0.0940. The molecular formula is C24H24N4O2. The summed E-state index contributed by atoms with van der Waals surface area (Å²) in [7, 11) is 1.65. The van der Waals surface area contributed by atoms with Crippen molar-refractivity contribution in [1.82, 2.24) is 14.8 Å². The van der Waals surface area contributed by atoms with Crippen LogP contribution in [0.4, 0.5) is 5.69 Å². The lowest BCUT2D eigenvalue weighted by Gasteiger charge is -2.10. The van der Waals surface area contributed by atoms with Crippen molar-refractivity contribution >= 4 is 22.6 Å². The summed E-state index contributed by atoms with van der Waals surface area (Å²) in [5, 5.41) is 8.54. The second-order valence-corrected chi connectivity index (χ2v) is 7.40. The molecule has 0 aliphatic rings. The van der Waals surface area contributed by atoms with Crippen LogP contribution in [0.2, 0.25) is 0 Å². The molecule has 0 saturated carbocycles. The first-order chi connectivity index (χ1) is 14.5. The molecule has 4 aromatic rings. The Kier molecular flexibility index (Phi) is 5.23. The Morgan fingerprint density at radius 1 is 1.07 bits per heavy atom. The van der Waals surface area contributed by atoms with Gasteiger partial charge in [-0.3, -0.25) is 4.79 Å². The van der Waals surface area contributed by atoms with E-state index in [1.165, 1.54) is 0 Å². The minimum Gasteiger partial charge on any atom is -0.497 e. The summed E-state index contributed by atoms with van der Waals surface area (Å²) in [5.41, 5.74) is 6.55. The molecule has 0 aliphatic heterocycles. The van der Waals surface area contributed by atoms with Crippen molar-refractivity contribution in [3.63, 3.8) is 0 Å². The molecule has 30 heavy (non-hydrogen) atoms. The summed E-state index contributed by atoms with van der Waals surface area (Å²) < 4.78 is 6.92. The number of carbonyl (C=O) groups is 1. The van der Waals surface area contributed by atoms with E-state index in [1.54, 1.807) is 18.0 Å². The maximum atomic E-state index is 12.7. The van der Waals surface area contributed by atoms with E-state index in [2.05, 4.69) is 15.4 Å². The van der Waals surface area contributed by atoms with E-state index < -0.39 is 0 Å². The zero-order valence-corrected chi connectivity index (χ0v) is 17.6. The number of methoxy groups -OCH3 is 1. The van der Waals surface area contributed by atoms with Crippen LogP contribution in [0.15, 0.2) is 54.7 Å². The number of aromatic nitrogens is 3. The molecule has 1 amide bonds. The molecule has 0 fully saturated rings. The van der Waals surface area contributed by atoms with Crippen LogP contribution in [0.25, 0.3) is 22.2 Å². The van der Waals surface area contributed by atoms with E-state index in [9.17, 15) is 4.79 Å². The van der Waals surface area contributed by atoms with Crippen LogP contribution in [0, 0.1) is 20.8 Å².